The quantitative estimate of drug-likeness (QED) is 0.604. The summed E-state index contributed by atoms with van der Waals surface area (Å²) in [6.45, 7) is 4.95. The maximum atomic E-state index is 5.62. The maximum Gasteiger partial charge on any atom is 0.226 e. The first-order valence-electron chi connectivity index (χ1n) is 8.46. The molecule has 24 heavy (non-hydrogen) atoms. The van der Waals surface area contributed by atoms with Gasteiger partial charge in [-0.3, -0.25) is 0 Å². The average molecular weight is 322 g/mol. The van der Waals surface area contributed by atoms with Gasteiger partial charge in [0.1, 0.15) is 5.75 Å². The van der Waals surface area contributed by atoms with Crippen LogP contribution in [0.4, 0.5) is 0 Å². The summed E-state index contributed by atoms with van der Waals surface area (Å²) in [4.78, 5) is 4.42. The van der Waals surface area contributed by atoms with Gasteiger partial charge in [0.05, 0.1) is 6.61 Å². The van der Waals surface area contributed by atoms with Gasteiger partial charge in [-0.1, -0.05) is 55.4 Å². The van der Waals surface area contributed by atoms with Gasteiger partial charge >= 0.3 is 0 Å². The van der Waals surface area contributed by atoms with E-state index in [4.69, 9.17) is 9.26 Å². The SMILES string of the molecule is CCCOc1ccc(-c2ccc(-c3noc(CCC)n3)cc2)cc1. The monoisotopic (exact) mass is 322 g/mol. The highest BCUT2D eigenvalue weighted by Crippen LogP contribution is 2.25. The van der Waals surface area contributed by atoms with Crippen molar-refractivity contribution in [1.29, 1.82) is 0 Å². The van der Waals surface area contributed by atoms with Crippen LogP contribution >= 0.6 is 0 Å². The Kier molecular flexibility index (Phi) is 5.26. The lowest BCUT2D eigenvalue weighted by Crippen LogP contribution is -1.94. The number of benzene rings is 2. The molecule has 0 aliphatic rings. The van der Waals surface area contributed by atoms with Gasteiger partial charge < -0.3 is 9.26 Å². The summed E-state index contributed by atoms with van der Waals surface area (Å²) in [5, 5.41) is 4.04. The Morgan fingerprint density at radius 2 is 1.46 bits per heavy atom. The summed E-state index contributed by atoms with van der Waals surface area (Å²) in [6, 6.07) is 16.4. The highest BCUT2D eigenvalue weighted by molar-refractivity contribution is 5.68. The maximum absolute atomic E-state index is 5.62. The molecule has 0 atom stereocenters. The van der Waals surface area contributed by atoms with Gasteiger partial charge in [0.25, 0.3) is 0 Å². The zero-order valence-electron chi connectivity index (χ0n) is 14.2. The van der Waals surface area contributed by atoms with Gasteiger partial charge in [-0.25, -0.2) is 0 Å². The Labute approximate surface area is 142 Å². The molecular formula is C20H22N2O2. The van der Waals surface area contributed by atoms with Crippen LogP contribution in [0.2, 0.25) is 0 Å². The average Bonchev–Trinajstić information content (AvgIpc) is 3.10. The van der Waals surface area contributed by atoms with Crippen molar-refractivity contribution in [3.05, 3.63) is 54.4 Å². The molecule has 4 nitrogen and oxygen atoms in total. The van der Waals surface area contributed by atoms with Gasteiger partial charge in [0, 0.05) is 12.0 Å². The highest BCUT2D eigenvalue weighted by Gasteiger charge is 2.08. The molecule has 0 radical (unpaired) electrons. The summed E-state index contributed by atoms with van der Waals surface area (Å²) in [5.41, 5.74) is 3.27. The van der Waals surface area contributed by atoms with E-state index in [9.17, 15) is 0 Å². The molecule has 0 spiro atoms. The molecule has 3 rings (SSSR count). The van der Waals surface area contributed by atoms with E-state index in [-0.39, 0.29) is 0 Å². The van der Waals surface area contributed by atoms with Crippen molar-refractivity contribution in [3.8, 4) is 28.3 Å². The van der Waals surface area contributed by atoms with Crippen molar-refractivity contribution in [2.24, 2.45) is 0 Å². The van der Waals surface area contributed by atoms with E-state index in [0.29, 0.717) is 11.7 Å². The third-order valence-corrected chi connectivity index (χ3v) is 3.74. The lowest BCUT2D eigenvalue weighted by atomic mass is 10.0. The molecule has 1 aromatic heterocycles. The van der Waals surface area contributed by atoms with Crippen molar-refractivity contribution in [2.45, 2.75) is 33.1 Å². The number of hydrogen-bond donors (Lipinski definition) is 0. The third-order valence-electron chi connectivity index (χ3n) is 3.74. The highest BCUT2D eigenvalue weighted by atomic mass is 16.5. The van der Waals surface area contributed by atoms with Gasteiger partial charge in [-0.2, -0.15) is 4.98 Å². The Bertz CT molecular complexity index is 761. The van der Waals surface area contributed by atoms with Crippen LogP contribution in [0.15, 0.2) is 53.1 Å². The second-order valence-electron chi connectivity index (χ2n) is 5.71. The summed E-state index contributed by atoms with van der Waals surface area (Å²) in [6.07, 6.45) is 2.83. The number of rotatable bonds is 7. The van der Waals surface area contributed by atoms with E-state index < -0.39 is 0 Å². The van der Waals surface area contributed by atoms with Crippen molar-refractivity contribution >= 4 is 0 Å². The van der Waals surface area contributed by atoms with Crippen molar-refractivity contribution in [1.82, 2.24) is 10.1 Å². The van der Waals surface area contributed by atoms with E-state index in [1.165, 1.54) is 0 Å². The minimum Gasteiger partial charge on any atom is -0.494 e. The molecule has 3 aromatic rings. The van der Waals surface area contributed by atoms with Gasteiger partial charge in [-0.05, 0) is 36.1 Å². The summed E-state index contributed by atoms with van der Waals surface area (Å²) < 4.78 is 10.9. The topological polar surface area (TPSA) is 48.2 Å². The Hall–Kier alpha value is -2.62. The Morgan fingerprint density at radius 3 is 2.08 bits per heavy atom. The van der Waals surface area contributed by atoms with Crippen LogP contribution < -0.4 is 4.74 Å². The summed E-state index contributed by atoms with van der Waals surface area (Å²) in [5.74, 6) is 2.25. The molecule has 0 unspecified atom stereocenters. The fourth-order valence-electron chi connectivity index (χ4n) is 2.46. The fraction of sp³-hybridized carbons (Fsp3) is 0.300. The van der Waals surface area contributed by atoms with E-state index in [1.54, 1.807) is 0 Å². The molecule has 0 fully saturated rings. The predicted octanol–water partition coefficient (Wildman–Crippen LogP) is 5.14. The second-order valence-corrected chi connectivity index (χ2v) is 5.71. The normalized spacial score (nSPS) is 10.8. The predicted molar refractivity (Wildman–Crippen MR) is 95.0 cm³/mol. The second kappa shape index (κ2) is 7.77. The van der Waals surface area contributed by atoms with E-state index in [2.05, 4.69) is 48.3 Å². The first-order chi connectivity index (χ1) is 11.8. The molecule has 124 valence electrons. The summed E-state index contributed by atoms with van der Waals surface area (Å²) in [7, 11) is 0. The molecule has 2 aromatic carbocycles. The van der Waals surface area contributed by atoms with E-state index >= 15 is 0 Å². The van der Waals surface area contributed by atoms with Crippen molar-refractivity contribution < 1.29 is 9.26 Å². The van der Waals surface area contributed by atoms with Crippen LogP contribution in [0.5, 0.6) is 5.75 Å². The third kappa shape index (κ3) is 3.82. The van der Waals surface area contributed by atoms with Crippen LogP contribution in [0.25, 0.3) is 22.5 Å². The minimum atomic E-state index is 0.647. The smallest absolute Gasteiger partial charge is 0.226 e. The van der Waals surface area contributed by atoms with E-state index in [1.807, 2.05) is 24.3 Å². The summed E-state index contributed by atoms with van der Waals surface area (Å²) >= 11 is 0. The molecule has 0 aliphatic carbocycles. The molecule has 4 heteroatoms. The zero-order chi connectivity index (χ0) is 16.8. The number of aromatic nitrogens is 2. The molecular weight excluding hydrogens is 300 g/mol. The van der Waals surface area contributed by atoms with Gasteiger partial charge in [0.15, 0.2) is 0 Å². The first kappa shape index (κ1) is 16.2. The standard InChI is InChI=1S/C20H22N2O2/c1-3-5-19-21-20(22-24-19)17-8-6-15(7-9-17)16-10-12-18(13-11-16)23-14-4-2/h6-13H,3-5,14H2,1-2H3. The Morgan fingerprint density at radius 1 is 0.833 bits per heavy atom. The van der Waals surface area contributed by atoms with Crippen molar-refractivity contribution in [3.63, 3.8) is 0 Å². The zero-order valence-corrected chi connectivity index (χ0v) is 14.2. The number of hydrogen-bond acceptors (Lipinski definition) is 4. The Balaban J connectivity index is 1.73. The van der Waals surface area contributed by atoms with Crippen LogP contribution in [0.3, 0.4) is 0 Å². The molecule has 0 amide bonds. The fourth-order valence-corrected chi connectivity index (χ4v) is 2.46. The first-order valence-corrected chi connectivity index (χ1v) is 8.46. The number of ether oxygens (including phenoxy) is 1. The van der Waals surface area contributed by atoms with Gasteiger partial charge in [0.2, 0.25) is 11.7 Å². The lowest BCUT2D eigenvalue weighted by Gasteiger charge is -2.06. The van der Waals surface area contributed by atoms with Crippen molar-refractivity contribution in [2.75, 3.05) is 6.61 Å². The van der Waals surface area contributed by atoms with Crippen LogP contribution in [0.1, 0.15) is 32.6 Å². The molecule has 0 aliphatic heterocycles. The van der Waals surface area contributed by atoms with Gasteiger partial charge in [-0.15, -0.1) is 0 Å². The minimum absolute atomic E-state index is 0.647. The molecule has 0 saturated heterocycles. The molecule has 0 N–H and O–H groups in total. The van der Waals surface area contributed by atoms with Crippen LogP contribution in [-0.4, -0.2) is 16.7 Å². The lowest BCUT2D eigenvalue weighted by molar-refractivity contribution is 0.317. The number of aryl methyl sites for hydroxylation is 1. The molecule has 1 heterocycles. The van der Waals surface area contributed by atoms with Crippen LogP contribution in [-0.2, 0) is 6.42 Å². The number of nitrogens with zero attached hydrogens (tertiary/aromatic N) is 2. The van der Waals surface area contributed by atoms with E-state index in [0.717, 1.165) is 48.3 Å². The van der Waals surface area contributed by atoms with Crippen LogP contribution in [0, 0.1) is 0 Å². The molecule has 0 saturated carbocycles. The molecule has 0 bridgehead atoms. The largest absolute Gasteiger partial charge is 0.494 e.